The van der Waals surface area contributed by atoms with E-state index < -0.39 is 23.3 Å². The van der Waals surface area contributed by atoms with Crippen LogP contribution in [-0.4, -0.2) is 32.2 Å². The number of halogens is 3. The lowest BCUT2D eigenvalue weighted by Crippen LogP contribution is -3.12. The van der Waals surface area contributed by atoms with E-state index in [9.17, 15) is 18.0 Å². The van der Waals surface area contributed by atoms with E-state index in [0.717, 1.165) is 38.1 Å². The molecule has 0 radical (unpaired) electrons. The van der Waals surface area contributed by atoms with Crippen LogP contribution in [0, 0.1) is 0 Å². The molecule has 0 aromatic heterocycles. The number of carbonyl (C=O) groups is 1. The molecule has 1 N–H and O–H groups in total. The first-order chi connectivity index (χ1) is 10.4. The molecule has 0 aliphatic rings. The highest BCUT2D eigenvalue weighted by Crippen LogP contribution is 2.32. The zero-order valence-corrected chi connectivity index (χ0v) is 13.0. The molecule has 0 fully saturated rings. The van der Waals surface area contributed by atoms with E-state index in [0.29, 0.717) is 6.54 Å². The monoisotopic (exact) mass is 318 g/mol. The number of benzene rings is 1. The molecular formula is C16H23F3NO2+. The summed E-state index contributed by atoms with van der Waals surface area (Å²) in [4.78, 5) is 13.2. The third-order valence-corrected chi connectivity index (χ3v) is 3.35. The summed E-state index contributed by atoms with van der Waals surface area (Å²) in [6.07, 6.45) is -2.53. The maximum Gasteiger partial charge on any atom is 0.417 e. The van der Waals surface area contributed by atoms with Crippen LogP contribution in [0.4, 0.5) is 13.2 Å². The molecule has 1 aromatic carbocycles. The van der Waals surface area contributed by atoms with E-state index in [2.05, 4.69) is 13.8 Å². The van der Waals surface area contributed by atoms with Crippen molar-refractivity contribution in [2.24, 2.45) is 0 Å². The second-order valence-corrected chi connectivity index (χ2v) is 5.18. The maximum absolute atomic E-state index is 12.8. The summed E-state index contributed by atoms with van der Waals surface area (Å²) in [6, 6.07) is 4.70. The zero-order valence-electron chi connectivity index (χ0n) is 13.0. The number of quaternary nitrogens is 1. The quantitative estimate of drug-likeness (QED) is 0.747. The van der Waals surface area contributed by atoms with Crippen molar-refractivity contribution in [3.05, 3.63) is 35.4 Å². The predicted octanol–water partition coefficient (Wildman–Crippen LogP) is 2.57. The minimum atomic E-state index is -4.56. The second kappa shape index (κ2) is 8.78. The first-order valence-corrected chi connectivity index (χ1v) is 7.57. The van der Waals surface area contributed by atoms with Crippen LogP contribution in [0.3, 0.4) is 0 Å². The summed E-state index contributed by atoms with van der Waals surface area (Å²) in [5.41, 5.74) is -1.38. The fourth-order valence-corrected chi connectivity index (χ4v) is 2.36. The Balaban J connectivity index is 2.63. The van der Waals surface area contributed by atoms with Gasteiger partial charge in [0.2, 0.25) is 0 Å². The molecule has 0 saturated carbocycles. The smallest absolute Gasteiger partial charge is 0.417 e. The number of esters is 1. The lowest BCUT2D eigenvalue weighted by Gasteiger charge is -2.18. The summed E-state index contributed by atoms with van der Waals surface area (Å²) in [6.45, 7) is 6.81. The molecule has 124 valence electrons. The van der Waals surface area contributed by atoms with Crippen molar-refractivity contribution in [2.75, 3.05) is 26.2 Å². The molecule has 0 bridgehead atoms. The van der Waals surface area contributed by atoms with Crippen LogP contribution in [-0.2, 0) is 10.9 Å². The van der Waals surface area contributed by atoms with Crippen LogP contribution in [0.2, 0.25) is 0 Å². The lowest BCUT2D eigenvalue weighted by molar-refractivity contribution is -0.900. The van der Waals surface area contributed by atoms with E-state index in [-0.39, 0.29) is 6.61 Å². The Morgan fingerprint density at radius 2 is 1.68 bits per heavy atom. The van der Waals surface area contributed by atoms with Gasteiger partial charge < -0.3 is 9.64 Å². The van der Waals surface area contributed by atoms with Gasteiger partial charge in [0.1, 0.15) is 13.2 Å². The first kappa shape index (κ1) is 18.5. The Labute approximate surface area is 129 Å². The zero-order chi connectivity index (χ0) is 16.6. The van der Waals surface area contributed by atoms with E-state index in [1.54, 1.807) is 0 Å². The van der Waals surface area contributed by atoms with Gasteiger partial charge in [0.25, 0.3) is 0 Å². The van der Waals surface area contributed by atoms with Gasteiger partial charge in [-0.15, -0.1) is 0 Å². The van der Waals surface area contributed by atoms with Crippen LogP contribution in [0.25, 0.3) is 0 Å². The standard InChI is InChI=1S/C16H22F3NO2/c1-3-9-20(10-4-2)11-12-22-15(21)13-7-5-6-8-14(13)16(17,18)19/h5-8H,3-4,9-12H2,1-2H3/p+1. The number of hydrogen-bond acceptors (Lipinski definition) is 2. The van der Waals surface area contributed by atoms with Gasteiger partial charge in [-0.1, -0.05) is 26.0 Å². The van der Waals surface area contributed by atoms with Crippen LogP contribution in [0.1, 0.15) is 42.6 Å². The SMILES string of the molecule is CCC[NH+](CCC)CCOC(=O)c1ccccc1C(F)(F)F. The molecule has 0 aliphatic heterocycles. The van der Waals surface area contributed by atoms with Crippen molar-refractivity contribution in [3.8, 4) is 0 Å². The molecule has 0 spiro atoms. The minimum Gasteiger partial charge on any atom is -0.456 e. The van der Waals surface area contributed by atoms with Gasteiger partial charge in [-0.3, -0.25) is 0 Å². The molecule has 0 saturated heterocycles. The fourth-order valence-electron chi connectivity index (χ4n) is 2.36. The average molecular weight is 318 g/mol. The van der Waals surface area contributed by atoms with Crippen LogP contribution in [0.15, 0.2) is 24.3 Å². The van der Waals surface area contributed by atoms with Crippen LogP contribution in [0.5, 0.6) is 0 Å². The number of rotatable bonds is 8. The average Bonchev–Trinajstić information content (AvgIpc) is 2.46. The Bertz CT molecular complexity index is 469. The molecule has 0 heterocycles. The van der Waals surface area contributed by atoms with Gasteiger partial charge in [-0.05, 0) is 25.0 Å². The van der Waals surface area contributed by atoms with Gasteiger partial charge in [-0.2, -0.15) is 13.2 Å². The molecule has 1 aromatic rings. The molecule has 1 rings (SSSR count). The van der Waals surface area contributed by atoms with Crippen LogP contribution >= 0.6 is 0 Å². The van der Waals surface area contributed by atoms with E-state index in [1.807, 2.05) is 0 Å². The molecule has 0 amide bonds. The third-order valence-electron chi connectivity index (χ3n) is 3.35. The summed E-state index contributed by atoms with van der Waals surface area (Å²) >= 11 is 0. The van der Waals surface area contributed by atoms with Gasteiger partial charge in [0.05, 0.1) is 24.2 Å². The van der Waals surface area contributed by atoms with Gasteiger partial charge in [0.15, 0.2) is 0 Å². The third kappa shape index (κ3) is 5.67. The van der Waals surface area contributed by atoms with Crippen molar-refractivity contribution >= 4 is 5.97 Å². The van der Waals surface area contributed by atoms with E-state index >= 15 is 0 Å². The second-order valence-electron chi connectivity index (χ2n) is 5.18. The molecule has 6 heteroatoms. The van der Waals surface area contributed by atoms with Crippen molar-refractivity contribution in [2.45, 2.75) is 32.9 Å². The Kier molecular flexibility index (Phi) is 7.38. The van der Waals surface area contributed by atoms with Crippen molar-refractivity contribution < 1.29 is 27.6 Å². The molecule has 0 aliphatic carbocycles. The van der Waals surface area contributed by atoms with Crippen molar-refractivity contribution in [1.82, 2.24) is 0 Å². The maximum atomic E-state index is 12.8. The van der Waals surface area contributed by atoms with Gasteiger partial charge >= 0.3 is 12.1 Å². The Hall–Kier alpha value is -1.56. The molecule has 0 unspecified atom stereocenters. The molecular weight excluding hydrogens is 295 g/mol. The number of carbonyl (C=O) groups excluding carboxylic acids is 1. The number of alkyl halides is 3. The van der Waals surface area contributed by atoms with Crippen LogP contribution < -0.4 is 4.90 Å². The highest BCUT2D eigenvalue weighted by atomic mass is 19.4. The van der Waals surface area contributed by atoms with Gasteiger partial charge in [-0.25, -0.2) is 4.79 Å². The first-order valence-electron chi connectivity index (χ1n) is 7.57. The number of hydrogen-bond donors (Lipinski definition) is 1. The van der Waals surface area contributed by atoms with Gasteiger partial charge in [0, 0.05) is 0 Å². The molecule has 0 atom stereocenters. The molecule has 22 heavy (non-hydrogen) atoms. The van der Waals surface area contributed by atoms with E-state index in [1.165, 1.54) is 17.0 Å². The Morgan fingerprint density at radius 3 is 2.23 bits per heavy atom. The number of ether oxygens (including phenoxy) is 1. The van der Waals surface area contributed by atoms with E-state index in [4.69, 9.17) is 4.74 Å². The Morgan fingerprint density at radius 1 is 1.09 bits per heavy atom. The summed E-state index contributed by atoms with van der Waals surface area (Å²) < 4.78 is 43.6. The predicted molar refractivity (Wildman–Crippen MR) is 77.9 cm³/mol. The minimum absolute atomic E-state index is 0.125. The van der Waals surface area contributed by atoms with Crippen molar-refractivity contribution in [3.63, 3.8) is 0 Å². The summed E-state index contributed by atoms with van der Waals surface area (Å²) in [7, 11) is 0. The largest absolute Gasteiger partial charge is 0.456 e. The number of nitrogens with one attached hydrogen (secondary N) is 1. The summed E-state index contributed by atoms with van der Waals surface area (Å²) in [5, 5.41) is 0. The normalized spacial score (nSPS) is 11.7. The highest BCUT2D eigenvalue weighted by Gasteiger charge is 2.35. The molecule has 3 nitrogen and oxygen atoms in total. The summed E-state index contributed by atoms with van der Waals surface area (Å²) in [5.74, 6) is -0.916. The van der Waals surface area contributed by atoms with Crippen molar-refractivity contribution in [1.29, 1.82) is 0 Å². The highest BCUT2D eigenvalue weighted by molar-refractivity contribution is 5.91. The lowest BCUT2D eigenvalue weighted by atomic mass is 10.1. The topological polar surface area (TPSA) is 30.7 Å². The fraction of sp³-hybridized carbons (Fsp3) is 0.562.